The Hall–Kier alpha value is -0.0800. The van der Waals surface area contributed by atoms with Gasteiger partial charge in [-0.05, 0) is 49.4 Å². The Morgan fingerprint density at radius 3 is 2.59 bits per heavy atom. The lowest BCUT2D eigenvalue weighted by molar-refractivity contribution is -0.154. The molecule has 3 aliphatic rings. The Kier molecular flexibility index (Phi) is 3.20. The number of ether oxygens (including phenoxy) is 2. The van der Waals surface area contributed by atoms with Crippen molar-refractivity contribution in [3.8, 4) is 0 Å². The standard InChI is InChI=1S/C15H26O2/c1-3-15(9-17-10-15)8-16-7-13-5-12-4-11(2)14(13)6-12/h11-14H,3-10H2,1-2H3. The summed E-state index contributed by atoms with van der Waals surface area (Å²) in [4.78, 5) is 0. The van der Waals surface area contributed by atoms with Crippen LogP contribution in [-0.4, -0.2) is 26.4 Å². The van der Waals surface area contributed by atoms with E-state index in [1.165, 1.54) is 25.7 Å². The van der Waals surface area contributed by atoms with Crippen LogP contribution < -0.4 is 0 Å². The molecule has 0 aromatic heterocycles. The van der Waals surface area contributed by atoms with Gasteiger partial charge in [-0.1, -0.05) is 13.8 Å². The second-order valence-electron chi connectivity index (χ2n) is 6.84. The molecule has 2 nitrogen and oxygen atoms in total. The zero-order valence-corrected chi connectivity index (χ0v) is 11.3. The van der Waals surface area contributed by atoms with E-state index in [1.54, 1.807) is 0 Å². The van der Waals surface area contributed by atoms with Crippen molar-refractivity contribution in [2.24, 2.45) is 29.1 Å². The topological polar surface area (TPSA) is 18.5 Å². The lowest BCUT2D eigenvalue weighted by Gasteiger charge is -2.41. The first-order valence-corrected chi connectivity index (χ1v) is 7.38. The van der Waals surface area contributed by atoms with E-state index in [9.17, 15) is 0 Å². The van der Waals surface area contributed by atoms with Crippen molar-refractivity contribution in [2.45, 2.75) is 39.5 Å². The average Bonchev–Trinajstić information content (AvgIpc) is 2.80. The molecule has 0 N–H and O–H groups in total. The van der Waals surface area contributed by atoms with Gasteiger partial charge in [-0.3, -0.25) is 0 Å². The van der Waals surface area contributed by atoms with Crippen molar-refractivity contribution in [1.82, 2.24) is 0 Å². The second kappa shape index (κ2) is 4.55. The molecular weight excluding hydrogens is 212 g/mol. The maximum absolute atomic E-state index is 6.04. The van der Waals surface area contributed by atoms with Crippen molar-refractivity contribution < 1.29 is 9.47 Å². The third-order valence-corrected chi connectivity index (χ3v) is 5.59. The first kappa shape index (κ1) is 12.0. The van der Waals surface area contributed by atoms with Gasteiger partial charge in [0.25, 0.3) is 0 Å². The molecule has 0 aromatic carbocycles. The third kappa shape index (κ3) is 2.15. The largest absolute Gasteiger partial charge is 0.380 e. The minimum absolute atomic E-state index is 0.364. The number of hydrogen-bond donors (Lipinski definition) is 0. The van der Waals surface area contributed by atoms with Gasteiger partial charge in [0.1, 0.15) is 0 Å². The number of fused-ring (bicyclic) bond motifs is 2. The minimum atomic E-state index is 0.364. The van der Waals surface area contributed by atoms with Crippen LogP contribution in [0.25, 0.3) is 0 Å². The van der Waals surface area contributed by atoms with Crippen LogP contribution in [0.15, 0.2) is 0 Å². The molecule has 1 heterocycles. The summed E-state index contributed by atoms with van der Waals surface area (Å²) in [5, 5.41) is 0. The van der Waals surface area contributed by atoms with Gasteiger partial charge in [-0.25, -0.2) is 0 Å². The van der Waals surface area contributed by atoms with Gasteiger partial charge in [-0.15, -0.1) is 0 Å². The lowest BCUT2D eigenvalue weighted by atomic mass is 9.82. The van der Waals surface area contributed by atoms with Crippen molar-refractivity contribution in [3.63, 3.8) is 0 Å². The van der Waals surface area contributed by atoms with Gasteiger partial charge in [0.2, 0.25) is 0 Å². The Bertz CT molecular complexity index is 267. The summed E-state index contributed by atoms with van der Waals surface area (Å²) in [7, 11) is 0. The highest BCUT2D eigenvalue weighted by atomic mass is 16.5. The van der Waals surface area contributed by atoms with Crippen LogP contribution in [-0.2, 0) is 9.47 Å². The van der Waals surface area contributed by atoms with E-state index in [4.69, 9.17) is 9.47 Å². The fourth-order valence-electron chi connectivity index (χ4n) is 4.27. The van der Waals surface area contributed by atoms with Gasteiger partial charge < -0.3 is 9.47 Å². The predicted molar refractivity (Wildman–Crippen MR) is 67.8 cm³/mol. The summed E-state index contributed by atoms with van der Waals surface area (Å²) >= 11 is 0. The number of hydrogen-bond acceptors (Lipinski definition) is 2. The van der Waals surface area contributed by atoms with Crippen LogP contribution in [0, 0.1) is 29.1 Å². The van der Waals surface area contributed by atoms with Crippen molar-refractivity contribution >= 4 is 0 Å². The number of rotatable bonds is 5. The summed E-state index contributed by atoms with van der Waals surface area (Å²) in [5.74, 6) is 3.80. The van der Waals surface area contributed by atoms with E-state index in [0.29, 0.717) is 5.41 Å². The van der Waals surface area contributed by atoms with Crippen LogP contribution >= 0.6 is 0 Å². The summed E-state index contributed by atoms with van der Waals surface area (Å²) in [5.41, 5.74) is 0.364. The maximum atomic E-state index is 6.04. The molecule has 3 fully saturated rings. The van der Waals surface area contributed by atoms with E-state index in [2.05, 4.69) is 13.8 Å². The second-order valence-corrected chi connectivity index (χ2v) is 6.84. The van der Waals surface area contributed by atoms with Crippen LogP contribution in [0.1, 0.15) is 39.5 Å². The van der Waals surface area contributed by atoms with Gasteiger partial charge in [-0.2, -0.15) is 0 Å². The van der Waals surface area contributed by atoms with E-state index >= 15 is 0 Å². The molecule has 4 unspecified atom stereocenters. The fraction of sp³-hybridized carbons (Fsp3) is 1.00. The zero-order chi connectivity index (χ0) is 11.9. The molecule has 2 bridgehead atoms. The van der Waals surface area contributed by atoms with E-state index in [0.717, 1.165) is 50.1 Å². The molecule has 0 aromatic rings. The van der Waals surface area contributed by atoms with Gasteiger partial charge in [0.15, 0.2) is 0 Å². The molecule has 98 valence electrons. The molecule has 1 aliphatic heterocycles. The highest BCUT2D eigenvalue weighted by Gasteiger charge is 2.44. The first-order chi connectivity index (χ1) is 8.22. The molecule has 3 rings (SSSR count). The van der Waals surface area contributed by atoms with Crippen LogP contribution in [0.5, 0.6) is 0 Å². The molecule has 17 heavy (non-hydrogen) atoms. The van der Waals surface area contributed by atoms with Crippen LogP contribution in [0.3, 0.4) is 0 Å². The summed E-state index contributed by atoms with van der Waals surface area (Å²) < 4.78 is 11.4. The SMILES string of the molecule is CCC1(COCC2CC3CC(C)C2C3)COC1. The van der Waals surface area contributed by atoms with Gasteiger partial charge in [0.05, 0.1) is 19.8 Å². The maximum Gasteiger partial charge on any atom is 0.0566 e. The molecule has 4 atom stereocenters. The quantitative estimate of drug-likeness (QED) is 0.732. The zero-order valence-electron chi connectivity index (χ0n) is 11.3. The van der Waals surface area contributed by atoms with E-state index in [1.807, 2.05) is 0 Å². The average molecular weight is 238 g/mol. The van der Waals surface area contributed by atoms with E-state index < -0.39 is 0 Å². The lowest BCUT2D eigenvalue weighted by Crippen LogP contribution is -2.46. The minimum Gasteiger partial charge on any atom is -0.380 e. The molecule has 2 aliphatic carbocycles. The summed E-state index contributed by atoms with van der Waals surface area (Å²) in [6.07, 6.45) is 5.59. The Morgan fingerprint density at radius 1 is 1.24 bits per heavy atom. The third-order valence-electron chi connectivity index (χ3n) is 5.59. The van der Waals surface area contributed by atoms with E-state index in [-0.39, 0.29) is 0 Å². The summed E-state index contributed by atoms with van der Waals surface area (Å²) in [6, 6.07) is 0. The normalized spacial score (nSPS) is 42.7. The van der Waals surface area contributed by atoms with Crippen LogP contribution in [0.2, 0.25) is 0 Å². The molecule has 0 spiro atoms. The first-order valence-electron chi connectivity index (χ1n) is 7.38. The van der Waals surface area contributed by atoms with Crippen LogP contribution in [0.4, 0.5) is 0 Å². The highest BCUT2D eigenvalue weighted by molar-refractivity contribution is 4.94. The molecule has 0 radical (unpaired) electrons. The summed E-state index contributed by atoms with van der Waals surface area (Å²) in [6.45, 7) is 8.45. The molecule has 2 saturated carbocycles. The smallest absolute Gasteiger partial charge is 0.0566 e. The van der Waals surface area contributed by atoms with Gasteiger partial charge in [0, 0.05) is 12.0 Å². The molecule has 2 heteroatoms. The molecule has 0 amide bonds. The predicted octanol–water partition coefficient (Wildman–Crippen LogP) is 3.11. The van der Waals surface area contributed by atoms with Gasteiger partial charge >= 0.3 is 0 Å². The Balaban J connectivity index is 1.43. The molecular formula is C15H26O2. The Labute approximate surface area is 105 Å². The molecule has 1 saturated heterocycles. The Morgan fingerprint density at radius 2 is 2.06 bits per heavy atom. The van der Waals surface area contributed by atoms with Crippen molar-refractivity contribution in [2.75, 3.05) is 26.4 Å². The fourth-order valence-corrected chi connectivity index (χ4v) is 4.27. The monoisotopic (exact) mass is 238 g/mol. The van der Waals surface area contributed by atoms with Crippen molar-refractivity contribution in [1.29, 1.82) is 0 Å². The highest BCUT2D eigenvalue weighted by Crippen LogP contribution is 2.51. The van der Waals surface area contributed by atoms with Crippen molar-refractivity contribution in [3.05, 3.63) is 0 Å².